The van der Waals surface area contributed by atoms with Crippen LogP contribution in [-0.4, -0.2) is 50.4 Å². The Hall–Kier alpha value is -2.76. The number of aliphatic hydroxyl groups is 2. The molecule has 1 saturated heterocycles. The van der Waals surface area contributed by atoms with Gasteiger partial charge in [0, 0.05) is 12.3 Å². The maximum absolute atomic E-state index is 14.1. The number of anilines is 1. The molecule has 3 atom stereocenters. The molecule has 2 aromatic rings. The molecule has 0 aliphatic carbocycles. The number of nitrogens with zero attached hydrogens (tertiary/aromatic N) is 3. The minimum atomic E-state index is -3.80. The van der Waals surface area contributed by atoms with E-state index in [0.29, 0.717) is 10.1 Å². The van der Waals surface area contributed by atoms with Crippen LogP contribution in [0.15, 0.2) is 41.6 Å². The molecular weight excluding hydrogens is 366 g/mol. The summed E-state index contributed by atoms with van der Waals surface area (Å²) in [6.07, 6.45) is -1.66. The van der Waals surface area contributed by atoms with Crippen LogP contribution in [-0.2, 0) is 11.8 Å². The van der Waals surface area contributed by atoms with Crippen LogP contribution in [0.3, 0.4) is 0 Å². The first-order valence-corrected chi connectivity index (χ1v) is 7.92. The highest BCUT2D eigenvalue weighted by Gasteiger charge is 2.59. The Labute approximate surface area is 151 Å². The van der Waals surface area contributed by atoms with Gasteiger partial charge in [0.1, 0.15) is 24.5 Å². The number of aryl methyl sites for hydroxylation is 1. The first-order valence-electron chi connectivity index (χ1n) is 7.92. The van der Waals surface area contributed by atoms with E-state index in [1.807, 2.05) is 0 Å². The average Bonchev–Trinajstić information content (AvgIpc) is 2.85. The minimum absolute atomic E-state index is 0.131. The second kappa shape index (κ2) is 7.10. The largest absolute Gasteiger partial charge is 0.394 e. The zero-order chi connectivity index (χ0) is 19.8. The molecule has 3 N–H and O–H groups in total. The van der Waals surface area contributed by atoms with Crippen LogP contribution in [0.1, 0.15) is 16.6 Å². The Morgan fingerprint density at radius 3 is 2.81 bits per heavy atom. The molecule has 0 saturated carbocycles. The fraction of sp³-hybridized carbons (Fsp3) is 0.375. The summed E-state index contributed by atoms with van der Waals surface area (Å²) in [6.45, 7) is -0.835. The number of amides is 1. The van der Waals surface area contributed by atoms with Gasteiger partial charge < -0.3 is 20.3 Å². The van der Waals surface area contributed by atoms with Crippen molar-refractivity contribution in [2.45, 2.75) is 24.4 Å². The molecule has 9 nitrogen and oxygen atoms in total. The van der Waals surface area contributed by atoms with E-state index in [1.165, 1.54) is 0 Å². The van der Waals surface area contributed by atoms with E-state index in [-0.39, 0.29) is 5.82 Å². The van der Waals surface area contributed by atoms with Crippen molar-refractivity contribution in [3.8, 4) is 0 Å². The number of halogens is 2. The maximum atomic E-state index is 14.1. The van der Waals surface area contributed by atoms with Gasteiger partial charge in [0.25, 0.3) is 5.91 Å². The molecule has 11 heteroatoms. The zero-order valence-electron chi connectivity index (χ0n) is 14.1. The number of pyridine rings is 1. The van der Waals surface area contributed by atoms with Gasteiger partial charge in [0.2, 0.25) is 6.23 Å². The van der Waals surface area contributed by atoms with Gasteiger partial charge in [0.15, 0.2) is 18.5 Å². The molecule has 0 spiro atoms. The van der Waals surface area contributed by atoms with Crippen molar-refractivity contribution in [1.29, 1.82) is 0 Å². The van der Waals surface area contributed by atoms with Gasteiger partial charge in [-0.3, -0.25) is 9.36 Å². The third kappa shape index (κ3) is 3.56. The van der Waals surface area contributed by atoms with Crippen LogP contribution in [0, 0.1) is 0 Å². The third-order valence-corrected chi connectivity index (χ3v) is 4.09. The number of alkyl halides is 2. The van der Waals surface area contributed by atoms with Crippen LogP contribution in [0.5, 0.6) is 0 Å². The molecule has 3 heterocycles. The highest BCUT2D eigenvalue weighted by molar-refractivity contribution is 6.03. The Morgan fingerprint density at radius 1 is 1.48 bits per heavy atom. The van der Waals surface area contributed by atoms with E-state index in [4.69, 9.17) is 9.84 Å². The van der Waals surface area contributed by atoms with Crippen LogP contribution < -0.4 is 15.6 Å². The number of aliphatic hydroxyl groups excluding tert-OH is 2. The van der Waals surface area contributed by atoms with E-state index in [2.05, 4.69) is 10.3 Å². The van der Waals surface area contributed by atoms with Crippen molar-refractivity contribution in [3.63, 3.8) is 0 Å². The summed E-state index contributed by atoms with van der Waals surface area (Å²) in [7, 11) is 1.73. The van der Waals surface area contributed by atoms with E-state index in [1.54, 1.807) is 36.1 Å². The maximum Gasteiger partial charge on any atom is 0.351 e. The average molecular weight is 383 g/mol. The topological polar surface area (TPSA) is 118 Å². The van der Waals surface area contributed by atoms with E-state index in [9.17, 15) is 23.5 Å². The van der Waals surface area contributed by atoms with Crippen LogP contribution in [0.4, 0.5) is 14.6 Å². The molecule has 1 fully saturated rings. The minimum Gasteiger partial charge on any atom is -0.394 e. The lowest BCUT2D eigenvalue weighted by Crippen LogP contribution is -2.41. The van der Waals surface area contributed by atoms with Crippen LogP contribution >= 0.6 is 0 Å². The molecule has 1 aliphatic heterocycles. The van der Waals surface area contributed by atoms with Gasteiger partial charge in [-0.15, -0.1) is 0 Å². The van der Waals surface area contributed by atoms with Crippen molar-refractivity contribution >= 4 is 11.7 Å². The first-order chi connectivity index (χ1) is 12.7. The van der Waals surface area contributed by atoms with E-state index < -0.39 is 42.6 Å². The quantitative estimate of drug-likeness (QED) is 0.596. The van der Waals surface area contributed by atoms with Crippen molar-refractivity contribution < 1.29 is 33.1 Å². The van der Waals surface area contributed by atoms with Crippen LogP contribution in [0.2, 0.25) is 0 Å². The SMILES string of the molecule is C[n+]1cccc(C(=O)Nc2ccn([C@@H]3OC(CO)[C@@H](O)C3(F)F)c(=O)n2)c1. The number of aromatic nitrogens is 3. The predicted molar refractivity (Wildman–Crippen MR) is 86.0 cm³/mol. The van der Waals surface area contributed by atoms with Gasteiger partial charge in [-0.25, -0.2) is 9.36 Å². The lowest BCUT2D eigenvalue weighted by molar-refractivity contribution is -0.671. The van der Waals surface area contributed by atoms with Crippen molar-refractivity contribution in [2.75, 3.05) is 11.9 Å². The number of hydrogen-bond acceptors (Lipinski definition) is 6. The molecule has 0 aromatic carbocycles. The fourth-order valence-electron chi connectivity index (χ4n) is 2.69. The van der Waals surface area contributed by atoms with Gasteiger partial charge in [-0.1, -0.05) is 0 Å². The van der Waals surface area contributed by atoms with Crippen LogP contribution in [0.25, 0.3) is 0 Å². The molecule has 1 unspecified atom stereocenters. The third-order valence-electron chi connectivity index (χ3n) is 4.09. The van der Waals surface area contributed by atoms with Gasteiger partial charge in [-0.05, 0) is 12.1 Å². The van der Waals surface area contributed by atoms with Crippen molar-refractivity contribution in [2.24, 2.45) is 7.05 Å². The summed E-state index contributed by atoms with van der Waals surface area (Å²) in [4.78, 5) is 27.9. The Bertz CT molecular complexity index is 920. The van der Waals surface area contributed by atoms with E-state index in [0.717, 1.165) is 12.3 Å². The molecule has 0 radical (unpaired) electrons. The Kier molecular flexibility index (Phi) is 5.00. The normalized spacial score (nSPS) is 24.0. The highest BCUT2D eigenvalue weighted by atomic mass is 19.3. The number of ether oxygens (including phenoxy) is 1. The summed E-state index contributed by atoms with van der Waals surface area (Å²) < 4.78 is 35.3. The Morgan fingerprint density at radius 2 is 2.22 bits per heavy atom. The fourth-order valence-corrected chi connectivity index (χ4v) is 2.69. The smallest absolute Gasteiger partial charge is 0.351 e. The molecular formula is C16H17F2N4O5+. The monoisotopic (exact) mass is 383 g/mol. The molecule has 1 aliphatic rings. The summed E-state index contributed by atoms with van der Waals surface area (Å²) in [6, 6.07) is 4.36. The number of hydrogen-bond donors (Lipinski definition) is 3. The summed E-state index contributed by atoms with van der Waals surface area (Å²) >= 11 is 0. The highest BCUT2D eigenvalue weighted by Crippen LogP contribution is 2.41. The molecule has 27 heavy (non-hydrogen) atoms. The molecule has 3 rings (SSSR count). The molecule has 144 valence electrons. The number of nitrogens with one attached hydrogen (secondary N) is 1. The number of rotatable bonds is 4. The van der Waals surface area contributed by atoms with E-state index >= 15 is 0 Å². The number of carbonyl (C=O) groups excluding carboxylic acids is 1. The van der Waals surface area contributed by atoms with Crippen molar-refractivity contribution in [3.05, 3.63) is 52.8 Å². The molecule has 1 amide bonds. The molecule has 0 bridgehead atoms. The predicted octanol–water partition coefficient (Wildman–Crippen LogP) is -0.794. The number of carbonyl (C=O) groups is 1. The van der Waals surface area contributed by atoms with Gasteiger partial charge >= 0.3 is 11.6 Å². The lowest BCUT2D eigenvalue weighted by atomic mass is 10.1. The molecule has 2 aromatic heterocycles. The second-order valence-electron chi connectivity index (χ2n) is 6.04. The zero-order valence-corrected chi connectivity index (χ0v) is 14.1. The lowest BCUT2D eigenvalue weighted by Gasteiger charge is -2.21. The summed E-state index contributed by atoms with van der Waals surface area (Å²) in [5.41, 5.74) is -0.799. The van der Waals surface area contributed by atoms with Gasteiger partial charge in [0.05, 0.1) is 6.61 Å². The first kappa shape index (κ1) is 19.0. The van der Waals surface area contributed by atoms with Crippen molar-refractivity contribution in [1.82, 2.24) is 9.55 Å². The second-order valence-corrected chi connectivity index (χ2v) is 6.04. The standard InChI is InChI=1S/C16H16F2N4O5/c1-21-5-2-3-9(7-21)13(25)19-11-4-6-22(15(26)20-11)14-16(17,18)12(24)10(8-23)27-14/h2-7,10,12,14,23-24H,8H2,1H3/p+1/t10?,12-,14-/m1/s1. The Balaban J connectivity index is 1.82. The van der Waals surface area contributed by atoms with Gasteiger partial charge in [-0.2, -0.15) is 13.8 Å². The summed E-state index contributed by atoms with van der Waals surface area (Å²) in [5, 5.41) is 20.9. The summed E-state index contributed by atoms with van der Waals surface area (Å²) in [5.74, 6) is -4.47.